The van der Waals surface area contributed by atoms with Crippen LogP contribution < -0.4 is 5.32 Å². The van der Waals surface area contributed by atoms with Crippen LogP contribution in [0.1, 0.15) is 39.5 Å². The Labute approximate surface area is 150 Å². The minimum Gasteiger partial charge on any atom is -0.480 e. The summed E-state index contributed by atoms with van der Waals surface area (Å²) in [5.41, 5.74) is 0. The monoisotopic (exact) mass is 352 g/mol. The van der Waals surface area contributed by atoms with Crippen molar-refractivity contribution in [3.8, 4) is 0 Å². The first kappa shape index (κ1) is 18.5. The number of urea groups is 1. The molecule has 0 aromatic heterocycles. The fourth-order valence-corrected chi connectivity index (χ4v) is 4.16. The van der Waals surface area contributed by atoms with Crippen molar-refractivity contribution in [1.29, 1.82) is 0 Å². The van der Waals surface area contributed by atoms with E-state index in [4.69, 9.17) is 5.11 Å². The molecule has 2 N–H and O–H groups in total. The fraction of sp³-hybridized carbons (Fsp3) is 0.889. The Kier molecular flexibility index (Phi) is 5.84. The van der Waals surface area contributed by atoms with Crippen LogP contribution in [0.25, 0.3) is 0 Å². The number of nitrogens with zero attached hydrogens (tertiary/aromatic N) is 3. The third-order valence-electron chi connectivity index (χ3n) is 5.79. The van der Waals surface area contributed by atoms with Gasteiger partial charge in [-0.25, -0.2) is 4.79 Å². The lowest BCUT2D eigenvalue weighted by atomic mass is 9.85. The summed E-state index contributed by atoms with van der Waals surface area (Å²) in [7, 11) is 0. The van der Waals surface area contributed by atoms with Crippen LogP contribution in [0.15, 0.2) is 0 Å². The number of likely N-dealkylation sites (N-methyl/N-ethyl adjacent to an activating group) is 1. The van der Waals surface area contributed by atoms with E-state index in [-0.39, 0.29) is 24.7 Å². The molecule has 1 atom stereocenters. The van der Waals surface area contributed by atoms with E-state index in [2.05, 4.69) is 17.1 Å². The van der Waals surface area contributed by atoms with Crippen LogP contribution >= 0.6 is 0 Å². The Hall–Kier alpha value is -1.34. The molecule has 2 saturated carbocycles. The number of aliphatic carboxylic acids is 1. The number of carboxylic acids is 1. The summed E-state index contributed by atoms with van der Waals surface area (Å²) in [5.74, 6) is -0.276. The Morgan fingerprint density at radius 1 is 1.20 bits per heavy atom. The molecule has 3 aliphatic rings. The van der Waals surface area contributed by atoms with Crippen molar-refractivity contribution in [2.45, 2.75) is 57.7 Å². The Bertz CT molecular complexity index is 491. The molecule has 0 aromatic rings. The molecular formula is C18H32N4O3. The zero-order valence-corrected chi connectivity index (χ0v) is 15.5. The molecule has 1 unspecified atom stereocenters. The van der Waals surface area contributed by atoms with Crippen LogP contribution in [0.4, 0.5) is 4.79 Å². The van der Waals surface area contributed by atoms with Gasteiger partial charge in [-0.05, 0) is 38.1 Å². The van der Waals surface area contributed by atoms with Crippen LogP contribution in [-0.4, -0.2) is 89.2 Å². The summed E-state index contributed by atoms with van der Waals surface area (Å²) in [4.78, 5) is 30.0. The zero-order valence-electron chi connectivity index (χ0n) is 15.5. The van der Waals surface area contributed by atoms with Gasteiger partial charge in [0, 0.05) is 44.3 Å². The molecule has 0 bridgehead atoms. The lowest BCUT2D eigenvalue weighted by Gasteiger charge is -2.42. The minimum atomic E-state index is -0.784. The molecule has 2 aliphatic carbocycles. The summed E-state index contributed by atoms with van der Waals surface area (Å²) in [6.45, 7) is 8.75. The van der Waals surface area contributed by atoms with E-state index in [1.807, 2.05) is 16.7 Å². The molecule has 3 fully saturated rings. The molecule has 0 aromatic carbocycles. The molecule has 0 radical (unpaired) electrons. The molecular weight excluding hydrogens is 320 g/mol. The molecule has 3 rings (SSSR count). The number of carbonyl (C=O) groups excluding carboxylic acids is 1. The maximum atomic E-state index is 12.6. The first-order valence-corrected chi connectivity index (χ1v) is 9.71. The van der Waals surface area contributed by atoms with Gasteiger partial charge in [0.15, 0.2) is 0 Å². The van der Waals surface area contributed by atoms with E-state index in [1.54, 1.807) is 0 Å². The summed E-state index contributed by atoms with van der Waals surface area (Å²) >= 11 is 0. The highest BCUT2D eigenvalue weighted by atomic mass is 16.4. The topological polar surface area (TPSA) is 76.1 Å². The van der Waals surface area contributed by atoms with Crippen LogP contribution in [0, 0.1) is 5.92 Å². The van der Waals surface area contributed by atoms with Crippen molar-refractivity contribution in [2.24, 2.45) is 5.92 Å². The second-order valence-electron chi connectivity index (χ2n) is 8.01. The molecule has 142 valence electrons. The highest BCUT2D eigenvalue weighted by molar-refractivity contribution is 5.74. The lowest BCUT2D eigenvalue weighted by molar-refractivity contribution is -0.139. The summed E-state index contributed by atoms with van der Waals surface area (Å²) < 4.78 is 0. The maximum Gasteiger partial charge on any atom is 0.317 e. The number of carbonyl (C=O) groups is 2. The molecule has 0 spiro atoms. The first-order valence-electron chi connectivity index (χ1n) is 9.71. The Morgan fingerprint density at radius 3 is 2.52 bits per heavy atom. The second kappa shape index (κ2) is 7.91. The van der Waals surface area contributed by atoms with Gasteiger partial charge in [0.25, 0.3) is 0 Å². The number of nitrogens with one attached hydrogen (secondary N) is 1. The number of hydrogen-bond acceptors (Lipinski definition) is 4. The quantitative estimate of drug-likeness (QED) is 0.747. The second-order valence-corrected chi connectivity index (χ2v) is 8.01. The summed E-state index contributed by atoms with van der Waals surface area (Å²) in [6, 6.07) is 1.26. The number of hydrogen-bond donors (Lipinski definition) is 2. The van der Waals surface area contributed by atoms with Crippen molar-refractivity contribution >= 4 is 12.0 Å². The van der Waals surface area contributed by atoms with Crippen molar-refractivity contribution in [3.63, 3.8) is 0 Å². The van der Waals surface area contributed by atoms with Gasteiger partial charge in [-0.3, -0.25) is 14.6 Å². The molecule has 1 heterocycles. The van der Waals surface area contributed by atoms with E-state index in [9.17, 15) is 9.59 Å². The largest absolute Gasteiger partial charge is 0.480 e. The minimum absolute atomic E-state index is 0.0502. The van der Waals surface area contributed by atoms with Gasteiger partial charge >= 0.3 is 12.0 Å². The highest BCUT2D eigenvalue weighted by Gasteiger charge is 2.37. The van der Waals surface area contributed by atoms with Gasteiger partial charge in [0.1, 0.15) is 0 Å². The molecule has 7 heteroatoms. The Balaban J connectivity index is 1.43. The van der Waals surface area contributed by atoms with E-state index < -0.39 is 5.97 Å². The smallest absolute Gasteiger partial charge is 0.317 e. The van der Waals surface area contributed by atoms with Crippen LogP contribution in [0.2, 0.25) is 0 Å². The van der Waals surface area contributed by atoms with E-state index >= 15 is 0 Å². The normalized spacial score (nSPS) is 30.7. The number of rotatable bonds is 6. The predicted molar refractivity (Wildman–Crippen MR) is 95.6 cm³/mol. The summed E-state index contributed by atoms with van der Waals surface area (Å²) in [6.07, 6.45) is 4.33. The molecule has 2 amide bonds. The van der Waals surface area contributed by atoms with Crippen LogP contribution in [0.5, 0.6) is 0 Å². The molecule has 1 aliphatic heterocycles. The highest BCUT2D eigenvalue weighted by Crippen LogP contribution is 2.29. The van der Waals surface area contributed by atoms with Crippen LogP contribution in [0.3, 0.4) is 0 Å². The third-order valence-corrected chi connectivity index (χ3v) is 5.79. The SMILES string of the molecule is CCN(CC(=O)O)C1CC(NC(=O)N2CCN(C3CC3)CC(C)C2)C1. The first-order chi connectivity index (χ1) is 12.0. The molecule has 7 nitrogen and oxygen atoms in total. The predicted octanol–water partition coefficient (Wildman–Crippen LogP) is 1.05. The maximum absolute atomic E-state index is 12.6. The van der Waals surface area contributed by atoms with Crippen molar-refractivity contribution in [2.75, 3.05) is 39.3 Å². The number of carboxylic acid groups (broad SMARTS) is 1. The average Bonchev–Trinajstić information content (AvgIpc) is 3.34. The molecule has 25 heavy (non-hydrogen) atoms. The van der Waals surface area contributed by atoms with Gasteiger partial charge in [0.2, 0.25) is 0 Å². The Morgan fingerprint density at radius 2 is 1.92 bits per heavy atom. The van der Waals surface area contributed by atoms with Gasteiger partial charge in [0.05, 0.1) is 6.54 Å². The van der Waals surface area contributed by atoms with Gasteiger partial charge in [-0.1, -0.05) is 13.8 Å². The van der Waals surface area contributed by atoms with Gasteiger partial charge in [-0.2, -0.15) is 0 Å². The van der Waals surface area contributed by atoms with Crippen molar-refractivity contribution in [1.82, 2.24) is 20.0 Å². The molecule has 1 saturated heterocycles. The van der Waals surface area contributed by atoms with E-state index in [0.717, 1.165) is 51.6 Å². The summed E-state index contributed by atoms with van der Waals surface area (Å²) in [5, 5.41) is 12.1. The zero-order chi connectivity index (χ0) is 18.0. The van der Waals surface area contributed by atoms with Crippen LogP contribution in [-0.2, 0) is 4.79 Å². The van der Waals surface area contributed by atoms with Crippen molar-refractivity contribution in [3.05, 3.63) is 0 Å². The number of amides is 2. The van der Waals surface area contributed by atoms with Crippen molar-refractivity contribution < 1.29 is 14.7 Å². The fourth-order valence-electron chi connectivity index (χ4n) is 4.16. The average molecular weight is 352 g/mol. The third kappa shape index (κ3) is 4.85. The van der Waals surface area contributed by atoms with Gasteiger partial charge in [-0.15, -0.1) is 0 Å². The van der Waals surface area contributed by atoms with E-state index in [0.29, 0.717) is 5.92 Å². The lowest BCUT2D eigenvalue weighted by Crippen LogP contribution is -2.57. The standard InChI is InChI=1S/C18H32N4O3/c1-3-20(12-17(23)24)16-8-14(9-16)19-18(25)22-7-6-21(15-4-5-15)10-13(2)11-22/h13-16H,3-12H2,1-2H3,(H,19,25)(H,23,24). The van der Waals surface area contributed by atoms with E-state index in [1.165, 1.54) is 12.8 Å². The van der Waals surface area contributed by atoms with Gasteiger partial charge < -0.3 is 15.3 Å².